The number of halogens is 1. The number of ether oxygens (including phenoxy) is 4. The van der Waals surface area contributed by atoms with Gasteiger partial charge < -0.3 is 18.9 Å². The molecule has 0 aliphatic carbocycles. The van der Waals surface area contributed by atoms with Crippen molar-refractivity contribution in [1.82, 2.24) is 4.57 Å². The lowest BCUT2D eigenvalue weighted by Gasteiger charge is -2.23. The molecule has 0 saturated carbocycles. The van der Waals surface area contributed by atoms with Crippen molar-refractivity contribution >= 4 is 46.0 Å². The highest BCUT2D eigenvalue weighted by molar-refractivity contribution is 14.1. The Morgan fingerprint density at radius 3 is 2.44 bits per heavy atom. The van der Waals surface area contributed by atoms with Crippen molar-refractivity contribution in [3.05, 3.63) is 131 Å². The van der Waals surface area contributed by atoms with Crippen molar-refractivity contribution in [2.24, 2.45) is 4.99 Å². The second-order valence-corrected chi connectivity index (χ2v) is 12.3. The number of thiazole rings is 1. The molecule has 1 aromatic heterocycles. The summed E-state index contributed by atoms with van der Waals surface area (Å²) in [7, 11) is 1.31. The molecule has 232 valence electrons. The Labute approximate surface area is 279 Å². The zero-order valence-electron chi connectivity index (χ0n) is 25.2. The maximum atomic E-state index is 14.0. The van der Waals surface area contributed by atoms with Crippen LogP contribution in [0.5, 0.6) is 17.2 Å². The second-order valence-electron chi connectivity index (χ2n) is 10.0. The Balaban J connectivity index is 1.54. The van der Waals surface area contributed by atoms with Crippen LogP contribution in [0.15, 0.2) is 94.9 Å². The van der Waals surface area contributed by atoms with Crippen LogP contribution in [0.2, 0.25) is 0 Å². The largest absolute Gasteiger partial charge is 0.490 e. The molecule has 3 aromatic carbocycles. The van der Waals surface area contributed by atoms with Crippen LogP contribution in [0.25, 0.3) is 6.08 Å². The molecule has 4 aromatic rings. The molecule has 45 heavy (non-hydrogen) atoms. The molecule has 5 rings (SSSR count). The van der Waals surface area contributed by atoms with Crippen LogP contribution in [0.1, 0.15) is 42.1 Å². The number of esters is 1. The van der Waals surface area contributed by atoms with Crippen LogP contribution >= 0.6 is 33.9 Å². The summed E-state index contributed by atoms with van der Waals surface area (Å²) in [4.78, 5) is 31.8. The molecule has 0 radical (unpaired) electrons. The summed E-state index contributed by atoms with van der Waals surface area (Å²) in [6.45, 7) is 9.02. The van der Waals surface area contributed by atoms with E-state index in [2.05, 4.69) is 46.3 Å². The van der Waals surface area contributed by atoms with E-state index in [-0.39, 0.29) is 11.1 Å². The molecule has 2 heterocycles. The normalized spacial score (nSPS) is 14.2. The standard InChI is InChI=1S/C35H33IN2O6S/c1-5-8-24-17-23(11-15-28(24)44-21-22-9-13-26(36)14-10-22)18-31-33(39)38-32(27(34(40)41-4)20-37-35(38)45-31)25-12-16-29(42-6-2)30(19-25)43-7-3/h5,9-20,32H,1,6-8,21H2,2-4H3/b31-18-/t32-/m0/s1. The lowest BCUT2D eigenvalue weighted by Crippen LogP contribution is -2.39. The number of rotatable bonds is 12. The van der Waals surface area contributed by atoms with E-state index >= 15 is 0 Å². The third kappa shape index (κ3) is 7.23. The van der Waals surface area contributed by atoms with Gasteiger partial charge in [-0.2, -0.15) is 0 Å². The smallest absolute Gasteiger partial charge is 0.337 e. The minimum absolute atomic E-state index is 0.242. The van der Waals surface area contributed by atoms with Gasteiger partial charge in [-0.25, -0.2) is 9.79 Å². The first-order valence-electron chi connectivity index (χ1n) is 14.5. The molecule has 1 aliphatic rings. The van der Waals surface area contributed by atoms with Crippen molar-refractivity contribution in [2.45, 2.75) is 32.9 Å². The third-order valence-corrected chi connectivity index (χ3v) is 8.78. The fraction of sp³-hybridized carbons (Fsp3) is 0.229. The van der Waals surface area contributed by atoms with Crippen molar-refractivity contribution in [2.75, 3.05) is 20.3 Å². The van der Waals surface area contributed by atoms with E-state index in [0.29, 0.717) is 52.6 Å². The zero-order chi connectivity index (χ0) is 31.9. The topological polar surface area (TPSA) is 88.4 Å². The molecule has 8 nitrogen and oxygen atoms in total. The molecule has 0 N–H and O–H groups in total. The average molecular weight is 737 g/mol. The van der Waals surface area contributed by atoms with E-state index in [1.807, 2.05) is 62.4 Å². The van der Waals surface area contributed by atoms with Crippen LogP contribution in [0.4, 0.5) is 0 Å². The Kier molecular flexibility index (Phi) is 10.6. The lowest BCUT2D eigenvalue weighted by molar-refractivity contribution is -0.136. The fourth-order valence-corrected chi connectivity index (χ4v) is 6.35. The first-order chi connectivity index (χ1) is 21.9. The number of carbonyl (C=O) groups is 1. The molecule has 0 bridgehead atoms. The number of carbonyl (C=O) groups excluding carboxylic acids is 1. The number of nitrogens with zero attached hydrogens (tertiary/aromatic N) is 2. The average Bonchev–Trinajstić information content (AvgIpc) is 3.36. The monoisotopic (exact) mass is 736 g/mol. The van der Waals surface area contributed by atoms with Crippen LogP contribution in [0, 0.1) is 3.57 Å². The number of methoxy groups -OCH3 is 1. The summed E-state index contributed by atoms with van der Waals surface area (Å²) in [6, 6.07) is 18.7. The predicted octanol–water partition coefficient (Wildman–Crippen LogP) is 5.73. The third-order valence-electron chi connectivity index (χ3n) is 7.06. The first kappa shape index (κ1) is 32.2. The van der Waals surface area contributed by atoms with Crippen molar-refractivity contribution < 1.29 is 23.7 Å². The predicted molar refractivity (Wildman–Crippen MR) is 184 cm³/mol. The van der Waals surface area contributed by atoms with Gasteiger partial charge in [-0.05, 0) is 108 Å². The zero-order valence-corrected chi connectivity index (χ0v) is 28.2. The maximum Gasteiger partial charge on any atom is 0.337 e. The van der Waals surface area contributed by atoms with E-state index in [4.69, 9.17) is 18.9 Å². The number of benzene rings is 3. The van der Waals surface area contributed by atoms with Crippen LogP contribution in [-0.4, -0.2) is 30.9 Å². The maximum absolute atomic E-state index is 14.0. The molecule has 0 fully saturated rings. The summed E-state index contributed by atoms with van der Waals surface area (Å²) in [6.07, 6.45) is 5.74. The molecular formula is C35H33IN2O6S. The summed E-state index contributed by atoms with van der Waals surface area (Å²) in [5.74, 6) is 1.30. The Morgan fingerprint density at radius 1 is 1.00 bits per heavy atom. The molecule has 1 aliphatic heterocycles. The summed E-state index contributed by atoms with van der Waals surface area (Å²) in [5.41, 5.74) is 3.51. The number of hydrogen-bond acceptors (Lipinski definition) is 8. The number of allylic oxidation sites excluding steroid dienone is 1. The summed E-state index contributed by atoms with van der Waals surface area (Å²) >= 11 is 3.54. The molecule has 0 unspecified atom stereocenters. The SMILES string of the molecule is C=CCc1cc(/C=c2\sc3n(c2=O)[C@@H](c2ccc(OCC)c(OCC)c2)C(C(=O)OC)=CN=3)ccc1OCc1ccc(I)cc1. The Morgan fingerprint density at radius 2 is 1.73 bits per heavy atom. The van der Waals surface area contributed by atoms with Gasteiger partial charge in [-0.15, -0.1) is 6.58 Å². The van der Waals surface area contributed by atoms with Crippen molar-refractivity contribution in [1.29, 1.82) is 0 Å². The van der Waals surface area contributed by atoms with Crippen LogP contribution < -0.4 is 29.1 Å². The van der Waals surface area contributed by atoms with Gasteiger partial charge in [0, 0.05) is 9.77 Å². The highest BCUT2D eigenvalue weighted by Gasteiger charge is 2.31. The van der Waals surface area contributed by atoms with Gasteiger partial charge in [0.25, 0.3) is 5.56 Å². The highest BCUT2D eigenvalue weighted by Crippen LogP contribution is 2.35. The molecular weight excluding hydrogens is 703 g/mol. The van der Waals surface area contributed by atoms with Gasteiger partial charge >= 0.3 is 5.97 Å². The van der Waals surface area contributed by atoms with Crippen molar-refractivity contribution in [3.63, 3.8) is 0 Å². The molecule has 0 saturated heterocycles. The first-order valence-corrected chi connectivity index (χ1v) is 16.4. The van der Waals surface area contributed by atoms with Gasteiger partial charge in [0.15, 0.2) is 16.3 Å². The highest BCUT2D eigenvalue weighted by atomic mass is 127. The fourth-order valence-electron chi connectivity index (χ4n) is 5.03. The van der Waals surface area contributed by atoms with Gasteiger partial charge in [-0.1, -0.05) is 41.7 Å². The molecule has 10 heteroatoms. The van der Waals surface area contributed by atoms with Crippen molar-refractivity contribution in [3.8, 4) is 17.2 Å². The Hall–Kier alpha value is -4.16. The molecule has 0 spiro atoms. The molecule has 1 atom stereocenters. The second kappa shape index (κ2) is 14.7. The number of fused-ring (bicyclic) bond motifs is 1. The Bertz CT molecular complexity index is 1930. The molecule has 0 amide bonds. The van der Waals surface area contributed by atoms with Gasteiger partial charge in [0.1, 0.15) is 12.4 Å². The van der Waals surface area contributed by atoms with Gasteiger partial charge in [-0.3, -0.25) is 9.36 Å². The summed E-state index contributed by atoms with van der Waals surface area (Å²) in [5, 5.41) is 0. The quantitative estimate of drug-likeness (QED) is 0.105. The van der Waals surface area contributed by atoms with Gasteiger partial charge in [0.05, 0.1) is 36.5 Å². The van der Waals surface area contributed by atoms with Gasteiger partial charge in [0.2, 0.25) is 0 Å². The minimum atomic E-state index is -0.765. The minimum Gasteiger partial charge on any atom is -0.490 e. The van der Waals surface area contributed by atoms with E-state index in [9.17, 15) is 9.59 Å². The lowest BCUT2D eigenvalue weighted by atomic mass is 9.97. The van der Waals surface area contributed by atoms with E-state index in [1.165, 1.54) is 32.8 Å². The van der Waals surface area contributed by atoms with E-state index < -0.39 is 12.0 Å². The van der Waals surface area contributed by atoms with E-state index in [0.717, 1.165) is 22.4 Å². The van der Waals surface area contributed by atoms with E-state index in [1.54, 1.807) is 12.1 Å². The number of hydrogen-bond donors (Lipinski definition) is 0. The number of aromatic nitrogens is 1. The van der Waals surface area contributed by atoms with Crippen LogP contribution in [0.3, 0.4) is 0 Å². The van der Waals surface area contributed by atoms with Crippen LogP contribution in [-0.2, 0) is 22.6 Å². The summed E-state index contributed by atoms with van der Waals surface area (Å²) < 4.78 is 26.0.